The number of benzene rings is 3. The third-order valence-electron chi connectivity index (χ3n) is 4.51. The molecule has 4 rings (SSSR count). The number of halogens is 1. The van der Waals surface area contributed by atoms with Crippen LogP contribution in [0.25, 0.3) is 22.0 Å². The summed E-state index contributed by atoms with van der Waals surface area (Å²) >= 11 is 3.49. The number of carbonyl (C=O) groups excluding carboxylic acids is 1. The lowest BCUT2D eigenvalue weighted by atomic mass is 10.0. The van der Waals surface area contributed by atoms with Gasteiger partial charge in [-0.15, -0.1) is 0 Å². The van der Waals surface area contributed by atoms with Crippen LogP contribution in [-0.4, -0.2) is 10.5 Å². The molecule has 0 saturated carbocycles. The van der Waals surface area contributed by atoms with Gasteiger partial charge in [-0.05, 0) is 35.9 Å². The smallest absolute Gasteiger partial charge is 0.256 e. The molecule has 26 heavy (non-hydrogen) atoms. The van der Waals surface area contributed by atoms with Gasteiger partial charge in [0.1, 0.15) is 5.82 Å². The van der Waals surface area contributed by atoms with Crippen molar-refractivity contribution in [3.8, 4) is 11.1 Å². The van der Waals surface area contributed by atoms with Gasteiger partial charge in [-0.3, -0.25) is 4.79 Å². The van der Waals surface area contributed by atoms with E-state index < -0.39 is 0 Å². The highest BCUT2D eigenvalue weighted by molar-refractivity contribution is 9.10. The molecule has 0 bridgehead atoms. The first kappa shape index (κ1) is 16.6. The number of carbonyl (C=O) groups is 1. The summed E-state index contributed by atoms with van der Waals surface area (Å²) < 4.78 is 3.06. The van der Waals surface area contributed by atoms with Gasteiger partial charge < -0.3 is 9.88 Å². The summed E-state index contributed by atoms with van der Waals surface area (Å²) in [5.74, 6) is 0.678. The second-order valence-corrected chi connectivity index (χ2v) is 7.04. The molecule has 4 aromatic rings. The number of aryl methyl sites for hydroxylation is 1. The van der Waals surface area contributed by atoms with E-state index >= 15 is 0 Å². The number of rotatable bonds is 3. The molecule has 0 aliphatic carbocycles. The van der Waals surface area contributed by atoms with Crippen LogP contribution in [0, 0.1) is 0 Å². The normalized spacial score (nSPS) is 10.8. The monoisotopic (exact) mass is 404 g/mol. The van der Waals surface area contributed by atoms with E-state index in [4.69, 9.17) is 0 Å². The first-order chi connectivity index (χ1) is 12.6. The van der Waals surface area contributed by atoms with E-state index in [0.717, 1.165) is 32.3 Å². The van der Waals surface area contributed by atoms with E-state index in [9.17, 15) is 4.79 Å². The fraction of sp³-hybridized carbons (Fsp3) is 0.0455. The quantitative estimate of drug-likeness (QED) is 0.455. The average Bonchev–Trinajstić information content (AvgIpc) is 2.95. The minimum Gasteiger partial charge on any atom is -0.330 e. The van der Waals surface area contributed by atoms with Gasteiger partial charge in [-0.2, -0.15) is 0 Å². The summed E-state index contributed by atoms with van der Waals surface area (Å²) in [6.45, 7) is 0. The SMILES string of the molecule is Cn1c(NC(=O)c2ccccc2)c(-c2ccc(Br)cc2)c2ccccc21. The maximum absolute atomic E-state index is 12.7. The zero-order valence-electron chi connectivity index (χ0n) is 14.2. The maximum atomic E-state index is 12.7. The number of nitrogens with zero attached hydrogens (tertiary/aromatic N) is 1. The highest BCUT2D eigenvalue weighted by Crippen LogP contribution is 2.38. The van der Waals surface area contributed by atoms with Gasteiger partial charge >= 0.3 is 0 Å². The van der Waals surface area contributed by atoms with Crippen LogP contribution in [0.3, 0.4) is 0 Å². The summed E-state index contributed by atoms with van der Waals surface area (Å²) in [4.78, 5) is 12.7. The Morgan fingerprint density at radius 3 is 2.27 bits per heavy atom. The van der Waals surface area contributed by atoms with Crippen LogP contribution in [0.4, 0.5) is 5.82 Å². The third-order valence-corrected chi connectivity index (χ3v) is 5.04. The Labute approximate surface area is 160 Å². The van der Waals surface area contributed by atoms with Crippen LogP contribution in [-0.2, 0) is 7.05 Å². The molecule has 0 saturated heterocycles. The summed E-state index contributed by atoms with van der Waals surface area (Å²) in [7, 11) is 1.98. The molecule has 0 atom stereocenters. The van der Waals surface area contributed by atoms with Gasteiger partial charge in [0, 0.05) is 28.0 Å². The highest BCUT2D eigenvalue weighted by Gasteiger charge is 2.19. The lowest BCUT2D eigenvalue weighted by Crippen LogP contribution is -2.14. The van der Waals surface area contributed by atoms with Crippen LogP contribution in [0.1, 0.15) is 10.4 Å². The fourth-order valence-corrected chi connectivity index (χ4v) is 3.48. The molecule has 1 aromatic heterocycles. The zero-order valence-corrected chi connectivity index (χ0v) is 15.8. The number of hydrogen-bond donors (Lipinski definition) is 1. The number of nitrogens with one attached hydrogen (secondary N) is 1. The Kier molecular flexibility index (Phi) is 4.35. The van der Waals surface area contributed by atoms with E-state index in [1.165, 1.54) is 0 Å². The molecule has 128 valence electrons. The second-order valence-electron chi connectivity index (χ2n) is 6.13. The van der Waals surface area contributed by atoms with Crippen molar-refractivity contribution in [1.29, 1.82) is 0 Å². The van der Waals surface area contributed by atoms with Crippen molar-refractivity contribution in [1.82, 2.24) is 4.57 Å². The molecule has 0 radical (unpaired) electrons. The van der Waals surface area contributed by atoms with Crippen LogP contribution in [0.15, 0.2) is 83.3 Å². The number of aromatic nitrogens is 1. The number of hydrogen-bond acceptors (Lipinski definition) is 1. The number of para-hydroxylation sites is 1. The fourth-order valence-electron chi connectivity index (χ4n) is 3.22. The van der Waals surface area contributed by atoms with Gasteiger partial charge in [0.05, 0.1) is 5.52 Å². The van der Waals surface area contributed by atoms with Crippen LogP contribution < -0.4 is 5.32 Å². The molecular weight excluding hydrogens is 388 g/mol. The van der Waals surface area contributed by atoms with Gasteiger partial charge in [0.15, 0.2) is 0 Å². The van der Waals surface area contributed by atoms with E-state index in [2.05, 4.69) is 45.5 Å². The Balaban J connectivity index is 1.88. The Morgan fingerprint density at radius 1 is 0.885 bits per heavy atom. The topological polar surface area (TPSA) is 34.0 Å². The molecule has 3 aromatic carbocycles. The first-order valence-corrected chi connectivity index (χ1v) is 9.14. The summed E-state index contributed by atoms with van der Waals surface area (Å²) in [5.41, 5.74) is 3.81. The van der Waals surface area contributed by atoms with Crippen molar-refractivity contribution < 1.29 is 4.79 Å². The molecule has 1 N–H and O–H groups in total. The summed E-state index contributed by atoms with van der Waals surface area (Å²) in [5, 5.41) is 4.22. The number of amides is 1. The van der Waals surface area contributed by atoms with Crippen molar-refractivity contribution in [3.05, 3.63) is 88.9 Å². The molecule has 0 aliphatic rings. The van der Waals surface area contributed by atoms with Crippen molar-refractivity contribution in [2.45, 2.75) is 0 Å². The van der Waals surface area contributed by atoms with E-state index in [0.29, 0.717) is 5.56 Å². The van der Waals surface area contributed by atoms with Crippen molar-refractivity contribution in [3.63, 3.8) is 0 Å². The molecule has 0 unspecified atom stereocenters. The van der Waals surface area contributed by atoms with Crippen molar-refractivity contribution in [2.75, 3.05) is 5.32 Å². The van der Waals surface area contributed by atoms with Gasteiger partial charge in [-0.1, -0.05) is 64.5 Å². The van der Waals surface area contributed by atoms with E-state index in [-0.39, 0.29) is 5.91 Å². The predicted octanol–water partition coefficient (Wildman–Crippen LogP) is 5.86. The average molecular weight is 405 g/mol. The van der Waals surface area contributed by atoms with E-state index in [1.54, 1.807) is 0 Å². The summed E-state index contributed by atoms with van der Waals surface area (Å²) in [6, 6.07) is 25.6. The van der Waals surface area contributed by atoms with Crippen LogP contribution >= 0.6 is 15.9 Å². The van der Waals surface area contributed by atoms with Crippen LogP contribution in [0.2, 0.25) is 0 Å². The molecule has 1 amide bonds. The standard InChI is InChI=1S/C22H17BrN2O/c1-25-19-10-6-5-9-18(19)20(15-11-13-17(23)14-12-15)21(25)24-22(26)16-7-3-2-4-8-16/h2-14H,1H3,(H,24,26). The molecule has 1 heterocycles. The Hall–Kier alpha value is -2.85. The predicted molar refractivity (Wildman–Crippen MR) is 110 cm³/mol. The Morgan fingerprint density at radius 2 is 1.54 bits per heavy atom. The van der Waals surface area contributed by atoms with Gasteiger partial charge in [0.2, 0.25) is 0 Å². The largest absolute Gasteiger partial charge is 0.330 e. The number of anilines is 1. The maximum Gasteiger partial charge on any atom is 0.256 e. The lowest BCUT2D eigenvalue weighted by molar-refractivity contribution is 0.102. The molecule has 0 aliphatic heterocycles. The van der Waals surface area contributed by atoms with Crippen LogP contribution in [0.5, 0.6) is 0 Å². The Bertz CT molecular complexity index is 1080. The molecule has 0 spiro atoms. The first-order valence-electron chi connectivity index (χ1n) is 8.35. The zero-order chi connectivity index (χ0) is 18.1. The van der Waals surface area contributed by atoms with Crippen molar-refractivity contribution >= 4 is 38.6 Å². The highest BCUT2D eigenvalue weighted by atomic mass is 79.9. The summed E-state index contributed by atoms with van der Waals surface area (Å²) in [6.07, 6.45) is 0. The lowest BCUT2D eigenvalue weighted by Gasteiger charge is -2.10. The molecular formula is C22H17BrN2O. The number of fused-ring (bicyclic) bond motifs is 1. The molecule has 0 fully saturated rings. The minimum absolute atomic E-state index is 0.116. The molecule has 3 nitrogen and oxygen atoms in total. The van der Waals surface area contributed by atoms with Gasteiger partial charge in [-0.25, -0.2) is 0 Å². The molecule has 4 heteroatoms. The third kappa shape index (κ3) is 2.93. The van der Waals surface area contributed by atoms with E-state index in [1.807, 2.05) is 66.2 Å². The van der Waals surface area contributed by atoms with Gasteiger partial charge in [0.25, 0.3) is 5.91 Å². The minimum atomic E-state index is -0.116. The van der Waals surface area contributed by atoms with Crippen molar-refractivity contribution in [2.24, 2.45) is 7.05 Å². The second kappa shape index (κ2) is 6.81.